The smallest absolute Gasteiger partial charge is 0.251 e. The highest BCUT2D eigenvalue weighted by Gasteiger charge is 2.16. The van der Waals surface area contributed by atoms with Crippen LogP contribution in [-0.4, -0.2) is 14.3 Å². The molecule has 2 N–H and O–H groups in total. The number of aryl methyl sites for hydroxylation is 1. The molecule has 0 fully saturated rings. The summed E-state index contributed by atoms with van der Waals surface area (Å²) in [5.41, 5.74) is 3.26. The first-order valence-corrected chi connectivity index (χ1v) is 10.4. The van der Waals surface area contributed by atoms with E-state index in [2.05, 4.69) is 10.0 Å². The van der Waals surface area contributed by atoms with E-state index in [1.54, 1.807) is 12.1 Å². The third-order valence-electron chi connectivity index (χ3n) is 4.25. The number of rotatable bonds is 7. The van der Waals surface area contributed by atoms with Gasteiger partial charge in [0.05, 0.1) is 4.90 Å². The monoisotopic (exact) mass is 394 g/mol. The molecule has 0 spiro atoms. The van der Waals surface area contributed by atoms with E-state index in [0.717, 1.165) is 16.7 Å². The molecule has 0 aliphatic heterocycles. The van der Waals surface area contributed by atoms with Gasteiger partial charge in [-0.25, -0.2) is 13.1 Å². The molecule has 0 radical (unpaired) electrons. The lowest BCUT2D eigenvalue weighted by Gasteiger charge is -2.09. The predicted octanol–water partition coefficient (Wildman–Crippen LogP) is 3.40. The Kier molecular flexibility index (Phi) is 6.23. The summed E-state index contributed by atoms with van der Waals surface area (Å²) in [6.45, 7) is 2.55. The average Bonchev–Trinajstić information content (AvgIpc) is 2.71. The van der Waals surface area contributed by atoms with Crippen LogP contribution >= 0.6 is 0 Å². The maximum absolute atomic E-state index is 12.6. The third kappa shape index (κ3) is 5.28. The first-order valence-electron chi connectivity index (χ1n) is 8.91. The second-order valence-electron chi connectivity index (χ2n) is 6.51. The molecule has 3 rings (SSSR count). The SMILES string of the molecule is Cc1cccc(CNC(=O)c2cccc(S(=O)(=O)NCc3ccccc3)c2)c1. The summed E-state index contributed by atoms with van der Waals surface area (Å²) in [6, 6.07) is 23.1. The zero-order valence-electron chi connectivity index (χ0n) is 15.6. The van der Waals surface area contributed by atoms with E-state index in [4.69, 9.17) is 0 Å². The maximum atomic E-state index is 12.6. The number of amides is 1. The van der Waals surface area contributed by atoms with Crippen molar-refractivity contribution in [3.05, 3.63) is 101 Å². The minimum atomic E-state index is -3.72. The Labute approximate surface area is 165 Å². The van der Waals surface area contributed by atoms with Crippen LogP contribution in [0.15, 0.2) is 83.8 Å². The van der Waals surface area contributed by atoms with Crippen molar-refractivity contribution in [1.29, 1.82) is 0 Å². The third-order valence-corrected chi connectivity index (χ3v) is 5.65. The summed E-state index contributed by atoms with van der Waals surface area (Å²) in [5, 5.41) is 2.82. The predicted molar refractivity (Wildman–Crippen MR) is 109 cm³/mol. The fourth-order valence-electron chi connectivity index (χ4n) is 2.77. The van der Waals surface area contributed by atoms with Crippen molar-refractivity contribution < 1.29 is 13.2 Å². The zero-order valence-corrected chi connectivity index (χ0v) is 16.4. The van der Waals surface area contributed by atoms with E-state index in [1.807, 2.05) is 61.5 Å². The van der Waals surface area contributed by atoms with Gasteiger partial charge in [0.2, 0.25) is 10.0 Å². The second-order valence-corrected chi connectivity index (χ2v) is 8.28. The minimum Gasteiger partial charge on any atom is -0.348 e. The molecule has 0 heterocycles. The molecule has 0 atom stereocenters. The van der Waals surface area contributed by atoms with Crippen LogP contribution in [0, 0.1) is 6.92 Å². The molecule has 144 valence electrons. The molecule has 3 aromatic rings. The molecule has 0 saturated carbocycles. The number of hydrogen-bond acceptors (Lipinski definition) is 3. The standard InChI is InChI=1S/C22H22N2O3S/c1-17-7-5-10-19(13-17)15-23-22(25)20-11-6-12-21(14-20)28(26,27)24-16-18-8-3-2-4-9-18/h2-14,24H,15-16H2,1H3,(H,23,25). The lowest BCUT2D eigenvalue weighted by molar-refractivity contribution is 0.0950. The Bertz CT molecular complexity index is 1060. The van der Waals surface area contributed by atoms with Crippen molar-refractivity contribution in [1.82, 2.24) is 10.0 Å². The molecular formula is C22H22N2O3S. The Hall–Kier alpha value is -2.96. The fraction of sp³-hybridized carbons (Fsp3) is 0.136. The van der Waals surface area contributed by atoms with E-state index in [0.29, 0.717) is 12.1 Å². The van der Waals surface area contributed by atoms with Crippen molar-refractivity contribution in [3.63, 3.8) is 0 Å². The summed E-state index contributed by atoms with van der Waals surface area (Å²) in [7, 11) is -3.72. The van der Waals surface area contributed by atoms with Gasteiger partial charge >= 0.3 is 0 Å². The quantitative estimate of drug-likeness (QED) is 0.645. The van der Waals surface area contributed by atoms with Gasteiger partial charge in [0, 0.05) is 18.7 Å². The molecule has 0 aliphatic carbocycles. The molecule has 0 saturated heterocycles. The van der Waals surface area contributed by atoms with Crippen LogP contribution in [0.25, 0.3) is 0 Å². The Morgan fingerprint density at radius 2 is 1.54 bits per heavy atom. The van der Waals surface area contributed by atoms with Crippen molar-refractivity contribution in [2.45, 2.75) is 24.9 Å². The van der Waals surface area contributed by atoms with E-state index in [1.165, 1.54) is 12.1 Å². The second kappa shape index (κ2) is 8.82. The van der Waals surface area contributed by atoms with Crippen LogP contribution in [0.5, 0.6) is 0 Å². The molecule has 0 bridgehead atoms. The Balaban J connectivity index is 1.67. The molecule has 28 heavy (non-hydrogen) atoms. The van der Waals surface area contributed by atoms with Gasteiger partial charge in [-0.05, 0) is 36.2 Å². The van der Waals surface area contributed by atoms with E-state index >= 15 is 0 Å². The summed E-state index contributed by atoms with van der Waals surface area (Å²) in [5.74, 6) is -0.318. The number of carbonyl (C=O) groups is 1. The topological polar surface area (TPSA) is 75.3 Å². The zero-order chi connectivity index (χ0) is 20.0. The molecule has 0 aromatic heterocycles. The molecule has 0 aliphatic rings. The maximum Gasteiger partial charge on any atom is 0.251 e. The summed E-state index contributed by atoms with van der Waals surface area (Å²) >= 11 is 0. The van der Waals surface area contributed by atoms with E-state index < -0.39 is 10.0 Å². The number of carbonyl (C=O) groups excluding carboxylic acids is 1. The highest BCUT2D eigenvalue weighted by atomic mass is 32.2. The van der Waals surface area contributed by atoms with Gasteiger partial charge in [0.15, 0.2) is 0 Å². The van der Waals surface area contributed by atoms with Gasteiger partial charge in [0.25, 0.3) is 5.91 Å². The number of nitrogens with one attached hydrogen (secondary N) is 2. The van der Waals surface area contributed by atoms with Crippen LogP contribution in [0.3, 0.4) is 0 Å². The summed E-state index contributed by atoms with van der Waals surface area (Å²) in [6.07, 6.45) is 0. The highest BCUT2D eigenvalue weighted by Crippen LogP contribution is 2.13. The summed E-state index contributed by atoms with van der Waals surface area (Å²) < 4.78 is 27.7. The van der Waals surface area contributed by atoms with E-state index in [9.17, 15) is 13.2 Å². The largest absolute Gasteiger partial charge is 0.348 e. The van der Waals surface area contributed by atoms with Gasteiger partial charge in [-0.3, -0.25) is 4.79 Å². The minimum absolute atomic E-state index is 0.0617. The van der Waals surface area contributed by atoms with Crippen LogP contribution in [0.2, 0.25) is 0 Å². The first kappa shape index (κ1) is 19.8. The molecule has 5 nitrogen and oxygen atoms in total. The molecule has 6 heteroatoms. The lowest BCUT2D eigenvalue weighted by Crippen LogP contribution is -2.25. The highest BCUT2D eigenvalue weighted by molar-refractivity contribution is 7.89. The van der Waals surface area contributed by atoms with Gasteiger partial charge in [-0.1, -0.05) is 66.2 Å². The number of sulfonamides is 1. The Morgan fingerprint density at radius 3 is 2.29 bits per heavy atom. The van der Waals surface area contributed by atoms with Crippen molar-refractivity contribution in [2.75, 3.05) is 0 Å². The van der Waals surface area contributed by atoms with Gasteiger partial charge in [0.1, 0.15) is 0 Å². The van der Waals surface area contributed by atoms with Crippen LogP contribution in [0.4, 0.5) is 0 Å². The summed E-state index contributed by atoms with van der Waals surface area (Å²) in [4.78, 5) is 12.5. The fourth-order valence-corrected chi connectivity index (χ4v) is 3.83. The van der Waals surface area contributed by atoms with Crippen LogP contribution in [-0.2, 0) is 23.1 Å². The van der Waals surface area contributed by atoms with Crippen LogP contribution in [0.1, 0.15) is 27.0 Å². The van der Waals surface area contributed by atoms with Gasteiger partial charge in [-0.2, -0.15) is 0 Å². The number of benzene rings is 3. The molecule has 0 unspecified atom stereocenters. The Morgan fingerprint density at radius 1 is 0.821 bits per heavy atom. The van der Waals surface area contributed by atoms with E-state index in [-0.39, 0.29) is 17.3 Å². The molecule has 1 amide bonds. The molecule has 3 aromatic carbocycles. The van der Waals surface area contributed by atoms with Crippen molar-refractivity contribution >= 4 is 15.9 Å². The van der Waals surface area contributed by atoms with Crippen LogP contribution < -0.4 is 10.0 Å². The average molecular weight is 394 g/mol. The molecular weight excluding hydrogens is 372 g/mol. The lowest BCUT2D eigenvalue weighted by atomic mass is 10.1. The van der Waals surface area contributed by atoms with Gasteiger partial charge in [-0.15, -0.1) is 0 Å². The normalized spacial score (nSPS) is 11.2. The van der Waals surface area contributed by atoms with Crippen molar-refractivity contribution in [2.24, 2.45) is 0 Å². The van der Waals surface area contributed by atoms with Crippen molar-refractivity contribution in [3.8, 4) is 0 Å². The number of hydrogen-bond donors (Lipinski definition) is 2. The van der Waals surface area contributed by atoms with Gasteiger partial charge < -0.3 is 5.32 Å². The first-order chi connectivity index (χ1) is 13.4.